The summed E-state index contributed by atoms with van der Waals surface area (Å²) in [5, 5.41) is 8.85. The van der Waals surface area contributed by atoms with Crippen molar-refractivity contribution >= 4 is 21.9 Å². The predicted molar refractivity (Wildman–Crippen MR) is 62.2 cm³/mol. The molecule has 0 aromatic heterocycles. The van der Waals surface area contributed by atoms with Crippen LogP contribution in [0.2, 0.25) is 0 Å². The van der Waals surface area contributed by atoms with Gasteiger partial charge in [0, 0.05) is 0 Å². The second-order valence-electron chi connectivity index (χ2n) is 2.97. The van der Waals surface area contributed by atoms with Gasteiger partial charge in [0.2, 0.25) is 5.76 Å². The van der Waals surface area contributed by atoms with Crippen molar-refractivity contribution in [1.29, 1.82) is 0 Å². The highest BCUT2D eigenvalue weighted by Gasteiger charge is 2.14. The van der Waals surface area contributed by atoms with Crippen LogP contribution in [0.3, 0.4) is 0 Å². The first-order valence-corrected chi connectivity index (χ1v) is 5.25. The molecule has 0 saturated heterocycles. The van der Waals surface area contributed by atoms with Crippen molar-refractivity contribution in [2.24, 2.45) is 0 Å². The summed E-state index contributed by atoms with van der Waals surface area (Å²) >= 11 is 3.32. The molecular weight excluding hydrogens is 276 g/mol. The summed E-state index contributed by atoms with van der Waals surface area (Å²) in [4.78, 5) is 11.2. The zero-order valence-corrected chi connectivity index (χ0v) is 10.4. The second kappa shape index (κ2) is 5.55. The summed E-state index contributed by atoms with van der Waals surface area (Å²) in [6, 6.07) is 5.34. The molecule has 0 amide bonds. The van der Waals surface area contributed by atoms with Crippen LogP contribution in [0.4, 0.5) is 0 Å². The summed E-state index contributed by atoms with van der Waals surface area (Å²) in [5.74, 6) is -0.574. The van der Waals surface area contributed by atoms with E-state index in [4.69, 9.17) is 9.84 Å². The minimum absolute atomic E-state index is 0.270. The van der Waals surface area contributed by atoms with Gasteiger partial charge in [-0.1, -0.05) is 12.1 Å². The molecule has 16 heavy (non-hydrogen) atoms. The number of aliphatic hydroxyl groups excluding tert-OH is 1. The standard InChI is InChI=1S/C11H11BrO4/c1-7-4-3-5-8(10(7)12)16-9(6-13)11(14)15-2/h3-6,13H,1-2H3/b9-6+. The number of benzene rings is 1. The van der Waals surface area contributed by atoms with Crippen LogP contribution in [0.15, 0.2) is 34.7 Å². The van der Waals surface area contributed by atoms with Crippen LogP contribution in [0.1, 0.15) is 5.56 Å². The zero-order chi connectivity index (χ0) is 12.1. The van der Waals surface area contributed by atoms with Gasteiger partial charge in [0.25, 0.3) is 0 Å². The quantitative estimate of drug-likeness (QED) is 0.527. The zero-order valence-electron chi connectivity index (χ0n) is 8.86. The molecule has 0 aliphatic rings. The van der Waals surface area contributed by atoms with E-state index in [1.807, 2.05) is 13.0 Å². The SMILES string of the molecule is COC(=O)/C(=C\O)Oc1cccc(C)c1Br. The van der Waals surface area contributed by atoms with Crippen molar-refractivity contribution in [2.45, 2.75) is 6.92 Å². The monoisotopic (exact) mass is 286 g/mol. The minimum Gasteiger partial charge on any atom is -0.511 e. The fraction of sp³-hybridized carbons (Fsp3) is 0.182. The number of methoxy groups -OCH3 is 1. The summed E-state index contributed by atoms with van der Waals surface area (Å²) in [7, 11) is 1.21. The molecule has 0 bridgehead atoms. The van der Waals surface area contributed by atoms with E-state index in [0.717, 1.165) is 10.0 Å². The van der Waals surface area contributed by atoms with E-state index < -0.39 is 5.97 Å². The van der Waals surface area contributed by atoms with E-state index in [9.17, 15) is 4.79 Å². The van der Waals surface area contributed by atoms with Crippen LogP contribution < -0.4 is 4.74 Å². The van der Waals surface area contributed by atoms with E-state index in [1.54, 1.807) is 12.1 Å². The van der Waals surface area contributed by atoms with E-state index in [0.29, 0.717) is 12.0 Å². The summed E-state index contributed by atoms with van der Waals surface area (Å²) in [6.07, 6.45) is 0.570. The maximum atomic E-state index is 11.2. The third-order valence-corrected chi connectivity index (χ3v) is 2.90. The summed E-state index contributed by atoms with van der Waals surface area (Å²) < 4.78 is 10.4. The number of carbonyl (C=O) groups excluding carboxylic acids is 1. The Bertz CT molecular complexity index is 426. The largest absolute Gasteiger partial charge is 0.511 e. The van der Waals surface area contributed by atoms with Gasteiger partial charge in [0.15, 0.2) is 0 Å². The number of esters is 1. The average molecular weight is 287 g/mol. The highest BCUT2D eigenvalue weighted by molar-refractivity contribution is 9.10. The van der Waals surface area contributed by atoms with Gasteiger partial charge in [0.1, 0.15) is 12.0 Å². The second-order valence-corrected chi connectivity index (χ2v) is 3.77. The maximum Gasteiger partial charge on any atom is 0.377 e. The highest BCUT2D eigenvalue weighted by Crippen LogP contribution is 2.29. The molecule has 0 aliphatic heterocycles. The number of halogens is 1. The normalized spacial score (nSPS) is 11.1. The van der Waals surface area contributed by atoms with Crippen LogP contribution in [0.25, 0.3) is 0 Å². The van der Waals surface area contributed by atoms with Crippen LogP contribution in [0, 0.1) is 6.92 Å². The van der Waals surface area contributed by atoms with Crippen molar-refractivity contribution in [1.82, 2.24) is 0 Å². The van der Waals surface area contributed by atoms with Gasteiger partial charge in [-0.05, 0) is 34.5 Å². The topological polar surface area (TPSA) is 55.8 Å². The van der Waals surface area contributed by atoms with Gasteiger partial charge in [-0.15, -0.1) is 0 Å². The highest BCUT2D eigenvalue weighted by atomic mass is 79.9. The molecule has 86 valence electrons. The predicted octanol–water partition coefficient (Wildman–Crippen LogP) is 2.71. The van der Waals surface area contributed by atoms with Crippen molar-refractivity contribution in [3.63, 3.8) is 0 Å². The fourth-order valence-electron chi connectivity index (χ4n) is 1.04. The Labute approximate surface area is 102 Å². The molecule has 1 aromatic carbocycles. The van der Waals surface area contributed by atoms with Gasteiger partial charge < -0.3 is 14.6 Å². The average Bonchev–Trinajstić information content (AvgIpc) is 2.30. The Morgan fingerprint density at radius 1 is 1.50 bits per heavy atom. The molecule has 0 unspecified atom stereocenters. The number of hydrogen-bond acceptors (Lipinski definition) is 4. The first-order valence-electron chi connectivity index (χ1n) is 4.45. The van der Waals surface area contributed by atoms with Gasteiger partial charge >= 0.3 is 5.97 Å². The molecule has 0 aliphatic carbocycles. The van der Waals surface area contributed by atoms with Gasteiger partial charge in [-0.25, -0.2) is 4.79 Å². The third kappa shape index (κ3) is 2.76. The van der Waals surface area contributed by atoms with Crippen molar-refractivity contribution in [3.05, 3.63) is 40.3 Å². The molecule has 1 N–H and O–H groups in total. The molecule has 1 rings (SSSR count). The maximum absolute atomic E-state index is 11.2. The fourth-order valence-corrected chi connectivity index (χ4v) is 1.38. The lowest BCUT2D eigenvalue weighted by atomic mass is 10.2. The van der Waals surface area contributed by atoms with Gasteiger partial charge in [-0.3, -0.25) is 0 Å². The third-order valence-electron chi connectivity index (χ3n) is 1.88. The molecular formula is C11H11BrO4. The molecule has 1 aromatic rings. The number of aryl methyl sites for hydroxylation is 1. The Morgan fingerprint density at radius 2 is 2.19 bits per heavy atom. The Balaban J connectivity index is 2.96. The van der Waals surface area contributed by atoms with Crippen molar-refractivity contribution < 1.29 is 19.4 Å². The van der Waals surface area contributed by atoms with E-state index in [2.05, 4.69) is 20.7 Å². The molecule has 4 nitrogen and oxygen atoms in total. The number of carbonyl (C=O) groups is 1. The molecule has 0 saturated carbocycles. The molecule has 0 fully saturated rings. The van der Waals surface area contributed by atoms with E-state index in [-0.39, 0.29) is 5.76 Å². The lowest BCUT2D eigenvalue weighted by Gasteiger charge is -2.09. The van der Waals surface area contributed by atoms with Crippen molar-refractivity contribution in [2.75, 3.05) is 7.11 Å². The Morgan fingerprint density at radius 3 is 2.75 bits per heavy atom. The minimum atomic E-state index is -0.740. The lowest BCUT2D eigenvalue weighted by Crippen LogP contribution is -2.11. The van der Waals surface area contributed by atoms with Gasteiger partial charge in [0.05, 0.1) is 11.6 Å². The van der Waals surface area contributed by atoms with Crippen LogP contribution >= 0.6 is 15.9 Å². The summed E-state index contributed by atoms with van der Waals surface area (Å²) in [5.41, 5.74) is 0.958. The summed E-state index contributed by atoms with van der Waals surface area (Å²) in [6.45, 7) is 1.89. The molecule has 5 heteroatoms. The molecule has 0 radical (unpaired) electrons. The smallest absolute Gasteiger partial charge is 0.377 e. The van der Waals surface area contributed by atoms with E-state index >= 15 is 0 Å². The van der Waals surface area contributed by atoms with Crippen LogP contribution in [-0.2, 0) is 9.53 Å². The van der Waals surface area contributed by atoms with E-state index in [1.165, 1.54) is 7.11 Å². The number of rotatable bonds is 3. The molecule has 0 atom stereocenters. The molecule has 0 heterocycles. The lowest BCUT2D eigenvalue weighted by molar-refractivity contribution is -0.138. The van der Waals surface area contributed by atoms with Gasteiger partial charge in [-0.2, -0.15) is 0 Å². The number of aliphatic hydroxyl groups is 1. The first-order chi connectivity index (χ1) is 7.60. The van der Waals surface area contributed by atoms with Crippen LogP contribution in [-0.4, -0.2) is 18.2 Å². The molecule has 0 spiro atoms. The Kier molecular flexibility index (Phi) is 4.37. The number of hydrogen-bond donors (Lipinski definition) is 1. The number of ether oxygens (including phenoxy) is 2. The van der Waals surface area contributed by atoms with Crippen LogP contribution in [0.5, 0.6) is 5.75 Å². The first kappa shape index (κ1) is 12.6. The Hall–Kier alpha value is -1.49. The van der Waals surface area contributed by atoms with Crippen molar-refractivity contribution in [3.8, 4) is 5.75 Å².